The first-order chi connectivity index (χ1) is 29.3. The summed E-state index contributed by atoms with van der Waals surface area (Å²) in [5, 5.41) is 4.39. The van der Waals surface area contributed by atoms with Gasteiger partial charge in [-0.2, -0.15) is 0 Å². The number of hydrogen-bond acceptors (Lipinski definition) is 4. The molecule has 0 amide bonds. The van der Waals surface area contributed by atoms with Gasteiger partial charge in [0.1, 0.15) is 22.3 Å². The molecule has 0 fully saturated rings. The molecular weight excluding hydrogens is 719 g/mol. The van der Waals surface area contributed by atoms with Gasteiger partial charge in [0, 0.05) is 33.5 Å². The zero-order chi connectivity index (χ0) is 38.6. The fraction of sp³-hybridized carbons (Fsp3) is 0. The summed E-state index contributed by atoms with van der Waals surface area (Å²) in [5.74, 6) is 0. The topological polar surface area (TPSA) is 32.8 Å². The minimum absolute atomic E-state index is 0.0291. The zero-order valence-corrected chi connectivity index (χ0v) is 31.8. The molecule has 0 N–H and O–H groups in total. The van der Waals surface area contributed by atoms with E-state index < -0.39 is 0 Å². The average molecular weight is 753 g/mol. The molecule has 0 radical (unpaired) electrons. The van der Waals surface area contributed by atoms with Crippen LogP contribution in [-0.2, 0) is 0 Å². The van der Waals surface area contributed by atoms with Crippen molar-refractivity contribution in [2.24, 2.45) is 0 Å². The van der Waals surface area contributed by atoms with E-state index in [-0.39, 0.29) is 6.71 Å². The normalized spacial score (nSPS) is 12.7. The average Bonchev–Trinajstić information content (AvgIpc) is 3.98. The third-order valence-corrected chi connectivity index (χ3v) is 12.4. The van der Waals surface area contributed by atoms with Crippen molar-refractivity contribution in [1.29, 1.82) is 0 Å². The molecule has 2 aliphatic rings. The zero-order valence-electron chi connectivity index (χ0n) is 31.8. The number of anilines is 6. The number of benzene rings is 9. The van der Waals surface area contributed by atoms with Crippen LogP contribution in [0.4, 0.5) is 34.1 Å². The van der Waals surface area contributed by atoms with Crippen molar-refractivity contribution in [3.05, 3.63) is 200 Å². The number of nitrogens with zero attached hydrogens (tertiary/aromatic N) is 2. The van der Waals surface area contributed by atoms with Crippen LogP contribution in [0, 0.1) is 0 Å². The standard InChI is InChI=1S/C54H33BN2O2/c1-3-15-34(16-4-1)35-17-13-20-37(31-35)56(36-18-5-2-6-19-36)38-32-42-39-21-7-10-24-43(39)55-44-29-30-50-52(41-23-9-12-27-48(41)59-50)54(44)57(46(33-38)53(42)55)45-25-14-28-49-51(45)40-22-8-11-26-47(40)58-49/h1-33H. The summed E-state index contributed by atoms with van der Waals surface area (Å²) in [6.07, 6.45) is 0. The van der Waals surface area contributed by atoms with Crippen LogP contribution in [-0.4, -0.2) is 6.71 Å². The van der Waals surface area contributed by atoms with Gasteiger partial charge in [-0.25, -0.2) is 0 Å². The van der Waals surface area contributed by atoms with E-state index in [9.17, 15) is 0 Å². The highest BCUT2D eigenvalue weighted by Gasteiger charge is 2.44. The Bertz CT molecular complexity index is 3480. The highest BCUT2D eigenvalue weighted by Crippen LogP contribution is 2.51. The fourth-order valence-corrected chi connectivity index (χ4v) is 10.0. The van der Waals surface area contributed by atoms with Gasteiger partial charge in [0.15, 0.2) is 0 Å². The highest BCUT2D eigenvalue weighted by atomic mass is 16.3. The maximum atomic E-state index is 6.66. The molecule has 2 aliphatic heterocycles. The molecule has 2 aromatic heterocycles. The fourth-order valence-electron chi connectivity index (χ4n) is 10.0. The highest BCUT2D eigenvalue weighted by molar-refractivity contribution is 7.01. The molecule has 4 heterocycles. The molecule has 13 rings (SSSR count). The third kappa shape index (κ3) is 4.67. The summed E-state index contributed by atoms with van der Waals surface area (Å²) in [6, 6.07) is 71.9. The Balaban J connectivity index is 1.17. The van der Waals surface area contributed by atoms with Gasteiger partial charge in [0.2, 0.25) is 6.71 Å². The van der Waals surface area contributed by atoms with Crippen LogP contribution >= 0.6 is 0 Å². The summed E-state index contributed by atoms with van der Waals surface area (Å²) in [4.78, 5) is 4.94. The summed E-state index contributed by atoms with van der Waals surface area (Å²) in [7, 11) is 0. The van der Waals surface area contributed by atoms with Gasteiger partial charge in [-0.15, -0.1) is 0 Å². The van der Waals surface area contributed by atoms with Gasteiger partial charge >= 0.3 is 0 Å². The summed E-state index contributed by atoms with van der Waals surface area (Å²) >= 11 is 0. The molecule has 4 nitrogen and oxygen atoms in total. The summed E-state index contributed by atoms with van der Waals surface area (Å²) in [5.41, 5.74) is 18.8. The first-order valence-electron chi connectivity index (χ1n) is 20.2. The number of fused-ring (bicyclic) bond motifs is 12. The van der Waals surface area contributed by atoms with E-state index in [2.05, 4.69) is 204 Å². The molecule has 9 aromatic carbocycles. The van der Waals surface area contributed by atoms with Crippen molar-refractivity contribution in [3.8, 4) is 22.3 Å². The van der Waals surface area contributed by atoms with Gasteiger partial charge in [-0.1, -0.05) is 139 Å². The van der Waals surface area contributed by atoms with Crippen LogP contribution in [0.5, 0.6) is 0 Å². The summed E-state index contributed by atoms with van der Waals surface area (Å²) < 4.78 is 13.2. The predicted molar refractivity (Wildman–Crippen MR) is 246 cm³/mol. The number of furan rings is 2. The molecule has 0 unspecified atom stereocenters. The number of rotatable bonds is 5. The van der Waals surface area contributed by atoms with E-state index in [1.165, 1.54) is 38.6 Å². The Hall–Kier alpha value is -7.76. The van der Waals surface area contributed by atoms with Gasteiger partial charge < -0.3 is 18.6 Å². The quantitative estimate of drug-likeness (QED) is 0.164. The van der Waals surface area contributed by atoms with Crippen molar-refractivity contribution >= 4 is 101 Å². The molecule has 0 bridgehead atoms. The molecule has 0 saturated carbocycles. The van der Waals surface area contributed by atoms with Crippen molar-refractivity contribution in [3.63, 3.8) is 0 Å². The Kier molecular flexibility index (Phi) is 6.78. The van der Waals surface area contributed by atoms with Crippen LogP contribution in [0.1, 0.15) is 0 Å². The lowest BCUT2D eigenvalue weighted by Crippen LogP contribution is -2.54. The van der Waals surface area contributed by atoms with Crippen LogP contribution < -0.4 is 26.2 Å². The third-order valence-electron chi connectivity index (χ3n) is 12.4. The maximum absolute atomic E-state index is 6.66. The number of para-hydroxylation sites is 3. The van der Waals surface area contributed by atoms with E-state index in [0.29, 0.717) is 0 Å². The smallest absolute Gasteiger partial charge is 0.248 e. The van der Waals surface area contributed by atoms with Gasteiger partial charge in [-0.05, 0) is 99.9 Å². The van der Waals surface area contributed by atoms with Crippen LogP contribution in [0.25, 0.3) is 66.1 Å². The molecule has 0 aliphatic carbocycles. The molecule has 11 aromatic rings. The number of hydrogen-bond donors (Lipinski definition) is 0. The molecule has 274 valence electrons. The largest absolute Gasteiger partial charge is 0.456 e. The SMILES string of the molecule is c1ccc(-c2cccc(N(c3ccccc3)c3cc4c5c(c3)N(c3cccc6oc7ccccc7c36)c3c(ccc6oc7ccccc7c36)B5c3ccccc3-4)c2)cc1. The van der Waals surface area contributed by atoms with E-state index in [1.54, 1.807) is 0 Å². The minimum Gasteiger partial charge on any atom is -0.456 e. The molecule has 5 heteroatoms. The Morgan fingerprint density at radius 1 is 0.390 bits per heavy atom. The second-order valence-electron chi connectivity index (χ2n) is 15.6. The minimum atomic E-state index is 0.0291. The van der Waals surface area contributed by atoms with Gasteiger partial charge in [0.05, 0.1) is 22.1 Å². The molecular formula is C54H33BN2O2. The molecule has 0 atom stereocenters. The second-order valence-corrected chi connectivity index (χ2v) is 15.6. The Morgan fingerprint density at radius 3 is 1.83 bits per heavy atom. The van der Waals surface area contributed by atoms with Crippen molar-refractivity contribution in [2.75, 3.05) is 9.80 Å². The van der Waals surface area contributed by atoms with E-state index in [4.69, 9.17) is 8.83 Å². The lowest BCUT2D eigenvalue weighted by molar-refractivity contribution is 0.669. The molecule has 0 saturated heterocycles. The van der Waals surface area contributed by atoms with Gasteiger partial charge in [0.25, 0.3) is 0 Å². The van der Waals surface area contributed by atoms with Crippen LogP contribution in [0.2, 0.25) is 0 Å². The Morgan fingerprint density at radius 2 is 1.02 bits per heavy atom. The Labute approximate surface area is 340 Å². The first kappa shape index (κ1) is 32.3. The summed E-state index contributed by atoms with van der Waals surface area (Å²) in [6.45, 7) is 0.0291. The van der Waals surface area contributed by atoms with Crippen LogP contribution in [0.15, 0.2) is 209 Å². The van der Waals surface area contributed by atoms with E-state index in [1.807, 2.05) is 6.07 Å². The van der Waals surface area contributed by atoms with Crippen molar-refractivity contribution in [1.82, 2.24) is 0 Å². The van der Waals surface area contributed by atoms with Crippen molar-refractivity contribution in [2.45, 2.75) is 0 Å². The van der Waals surface area contributed by atoms with Crippen molar-refractivity contribution < 1.29 is 8.83 Å². The van der Waals surface area contributed by atoms with Gasteiger partial charge in [-0.3, -0.25) is 0 Å². The van der Waals surface area contributed by atoms with E-state index >= 15 is 0 Å². The van der Waals surface area contributed by atoms with E-state index in [0.717, 1.165) is 78.0 Å². The molecule has 59 heavy (non-hydrogen) atoms. The molecule has 0 spiro atoms. The second kappa shape index (κ2) is 12.4. The monoisotopic (exact) mass is 752 g/mol. The predicted octanol–water partition coefficient (Wildman–Crippen LogP) is 12.9. The lowest BCUT2D eigenvalue weighted by atomic mass is 9.37. The first-order valence-corrected chi connectivity index (χ1v) is 20.2. The maximum Gasteiger partial charge on any atom is 0.248 e. The lowest BCUT2D eigenvalue weighted by Gasteiger charge is -2.38. The van der Waals surface area contributed by atoms with Crippen LogP contribution in [0.3, 0.4) is 0 Å².